The lowest BCUT2D eigenvalue weighted by atomic mass is 10.3. The molecule has 0 aliphatic rings. The summed E-state index contributed by atoms with van der Waals surface area (Å²) in [7, 11) is 0. The number of aromatic nitrogens is 4. The van der Waals surface area contributed by atoms with E-state index in [1.165, 1.54) is 18.2 Å². The summed E-state index contributed by atoms with van der Waals surface area (Å²) < 4.78 is 49.4. The Labute approximate surface area is 144 Å². The van der Waals surface area contributed by atoms with Gasteiger partial charge in [0.1, 0.15) is 5.75 Å². The smallest absolute Gasteiger partial charge is 0.450 e. The second-order valence-corrected chi connectivity index (χ2v) is 4.94. The number of amides is 1. The third-order valence-corrected chi connectivity index (χ3v) is 3.07. The summed E-state index contributed by atoms with van der Waals surface area (Å²) in [6, 6.07) is 8.87. The van der Waals surface area contributed by atoms with Gasteiger partial charge in [-0.15, -0.1) is 15.3 Å². The van der Waals surface area contributed by atoms with Crippen molar-refractivity contribution in [1.29, 1.82) is 0 Å². The van der Waals surface area contributed by atoms with Gasteiger partial charge in [0.15, 0.2) is 5.65 Å². The van der Waals surface area contributed by atoms with Crippen LogP contribution in [0.5, 0.6) is 11.6 Å². The molecule has 0 radical (unpaired) electrons. The average molecular weight is 367 g/mol. The highest BCUT2D eigenvalue weighted by atomic mass is 19.4. The van der Waals surface area contributed by atoms with E-state index in [2.05, 4.69) is 20.6 Å². The third kappa shape index (κ3) is 3.82. The first-order chi connectivity index (χ1) is 12.4. The van der Waals surface area contributed by atoms with Crippen LogP contribution in [0.3, 0.4) is 0 Å². The Morgan fingerprint density at radius 3 is 2.77 bits per heavy atom. The van der Waals surface area contributed by atoms with Crippen molar-refractivity contribution in [2.45, 2.75) is 13.1 Å². The normalized spacial score (nSPS) is 11.4. The molecule has 0 spiro atoms. The number of fused-ring (bicyclic) bond motifs is 1. The van der Waals surface area contributed by atoms with Crippen molar-refractivity contribution in [3.63, 3.8) is 0 Å². The number of hydrogen-bond acceptors (Lipinski definition) is 6. The average Bonchev–Trinajstić information content (AvgIpc) is 2.98. The predicted octanol–water partition coefficient (Wildman–Crippen LogP) is 3.50. The molecular weight excluding hydrogens is 355 g/mol. The lowest BCUT2D eigenvalue weighted by Crippen LogP contribution is -2.13. The molecule has 26 heavy (non-hydrogen) atoms. The zero-order chi connectivity index (χ0) is 18.7. The summed E-state index contributed by atoms with van der Waals surface area (Å²) in [6.45, 7) is 1.88. The lowest BCUT2D eigenvalue weighted by Gasteiger charge is -2.09. The Morgan fingerprint density at radius 1 is 1.23 bits per heavy atom. The summed E-state index contributed by atoms with van der Waals surface area (Å²) in [4.78, 5) is 11.4. The molecule has 3 aromatic rings. The molecular formula is C15H12F3N5O3. The van der Waals surface area contributed by atoms with Gasteiger partial charge in [-0.3, -0.25) is 5.32 Å². The topological polar surface area (TPSA) is 90.6 Å². The summed E-state index contributed by atoms with van der Waals surface area (Å²) in [6.07, 6.45) is -5.34. The van der Waals surface area contributed by atoms with Crippen LogP contribution in [0.2, 0.25) is 0 Å². The molecule has 11 heteroatoms. The molecule has 0 aliphatic heterocycles. The summed E-state index contributed by atoms with van der Waals surface area (Å²) >= 11 is 0. The van der Waals surface area contributed by atoms with E-state index in [-0.39, 0.29) is 23.9 Å². The molecule has 0 fully saturated rings. The van der Waals surface area contributed by atoms with Gasteiger partial charge in [0.25, 0.3) is 5.82 Å². The minimum Gasteiger partial charge on any atom is -0.450 e. The fourth-order valence-electron chi connectivity index (χ4n) is 2.05. The van der Waals surface area contributed by atoms with Crippen LogP contribution in [-0.2, 0) is 10.9 Å². The van der Waals surface area contributed by atoms with Crippen LogP contribution in [0.15, 0.2) is 36.4 Å². The molecule has 0 saturated heterocycles. The molecule has 0 unspecified atom stereocenters. The van der Waals surface area contributed by atoms with E-state index in [1.54, 1.807) is 25.1 Å². The van der Waals surface area contributed by atoms with E-state index in [1.807, 2.05) is 0 Å². The third-order valence-electron chi connectivity index (χ3n) is 3.07. The predicted molar refractivity (Wildman–Crippen MR) is 82.9 cm³/mol. The quantitative estimate of drug-likeness (QED) is 0.759. The van der Waals surface area contributed by atoms with Gasteiger partial charge in [-0.1, -0.05) is 6.07 Å². The number of nitrogens with one attached hydrogen (secondary N) is 1. The Kier molecular flexibility index (Phi) is 4.61. The van der Waals surface area contributed by atoms with Crippen LogP contribution in [0.1, 0.15) is 12.7 Å². The zero-order valence-electron chi connectivity index (χ0n) is 13.3. The number of anilines is 1. The fourth-order valence-corrected chi connectivity index (χ4v) is 2.05. The van der Waals surface area contributed by atoms with Gasteiger partial charge >= 0.3 is 12.3 Å². The van der Waals surface area contributed by atoms with Crippen LogP contribution in [-0.4, -0.2) is 32.5 Å². The number of ether oxygens (including phenoxy) is 2. The minimum absolute atomic E-state index is 0.0672. The molecule has 136 valence electrons. The summed E-state index contributed by atoms with van der Waals surface area (Å²) in [5, 5.41) is 12.7. The van der Waals surface area contributed by atoms with Gasteiger partial charge in [-0.2, -0.15) is 17.7 Å². The van der Waals surface area contributed by atoms with Gasteiger partial charge in [-0.25, -0.2) is 4.79 Å². The van der Waals surface area contributed by atoms with Crippen molar-refractivity contribution in [3.8, 4) is 11.6 Å². The van der Waals surface area contributed by atoms with Gasteiger partial charge in [0, 0.05) is 17.8 Å². The number of halogens is 3. The number of nitrogens with zero attached hydrogens (tertiary/aromatic N) is 4. The minimum atomic E-state index is -4.70. The molecule has 8 nitrogen and oxygen atoms in total. The monoisotopic (exact) mass is 367 g/mol. The van der Waals surface area contributed by atoms with Gasteiger partial charge in [0.2, 0.25) is 5.88 Å². The van der Waals surface area contributed by atoms with Crippen LogP contribution in [0.25, 0.3) is 5.65 Å². The molecule has 2 heterocycles. The van der Waals surface area contributed by atoms with Crippen LogP contribution >= 0.6 is 0 Å². The van der Waals surface area contributed by atoms with Gasteiger partial charge < -0.3 is 9.47 Å². The number of alkyl halides is 3. The molecule has 0 aliphatic carbocycles. The largest absolute Gasteiger partial charge is 0.453 e. The van der Waals surface area contributed by atoms with E-state index in [0.29, 0.717) is 10.2 Å². The van der Waals surface area contributed by atoms with Crippen molar-refractivity contribution in [3.05, 3.63) is 42.2 Å². The van der Waals surface area contributed by atoms with Crippen LogP contribution in [0, 0.1) is 0 Å². The standard InChI is InChI=1S/C15H12F3N5O3/c1-2-25-14(24)19-9-4-3-5-10(8-9)26-12-7-6-11-20-21-13(15(16,17)18)23(11)22-12/h3-8H,2H2,1H3,(H,19,24). The van der Waals surface area contributed by atoms with E-state index in [4.69, 9.17) is 9.47 Å². The highest BCUT2D eigenvalue weighted by Crippen LogP contribution is 2.28. The zero-order valence-corrected chi connectivity index (χ0v) is 13.3. The number of hydrogen-bond donors (Lipinski definition) is 1. The first kappa shape index (κ1) is 17.5. The molecule has 2 aromatic heterocycles. The van der Waals surface area contributed by atoms with Crippen molar-refractivity contribution < 1.29 is 27.4 Å². The molecule has 1 aromatic carbocycles. The molecule has 1 amide bonds. The fraction of sp³-hybridized carbons (Fsp3) is 0.200. The number of carbonyl (C=O) groups is 1. The van der Waals surface area contributed by atoms with Crippen molar-refractivity contribution in [2.75, 3.05) is 11.9 Å². The molecule has 1 N–H and O–H groups in total. The number of benzene rings is 1. The number of carbonyl (C=O) groups excluding carboxylic acids is 1. The molecule has 0 atom stereocenters. The van der Waals surface area contributed by atoms with Gasteiger partial charge in [0.05, 0.1) is 6.61 Å². The Hall–Kier alpha value is -3.37. The maximum Gasteiger partial charge on any atom is 0.453 e. The lowest BCUT2D eigenvalue weighted by molar-refractivity contribution is -0.146. The SMILES string of the molecule is CCOC(=O)Nc1cccc(Oc2ccc3nnc(C(F)(F)F)n3n2)c1. The van der Waals surface area contributed by atoms with E-state index in [0.717, 1.165) is 0 Å². The van der Waals surface area contributed by atoms with Crippen molar-refractivity contribution in [1.82, 2.24) is 19.8 Å². The van der Waals surface area contributed by atoms with E-state index < -0.39 is 18.1 Å². The maximum atomic E-state index is 12.9. The van der Waals surface area contributed by atoms with Crippen LogP contribution < -0.4 is 10.1 Å². The Balaban J connectivity index is 1.84. The molecule has 3 rings (SSSR count). The highest BCUT2D eigenvalue weighted by Gasteiger charge is 2.37. The first-order valence-electron chi connectivity index (χ1n) is 7.38. The van der Waals surface area contributed by atoms with E-state index >= 15 is 0 Å². The van der Waals surface area contributed by atoms with Crippen molar-refractivity contribution >= 4 is 17.4 Å². The second kappa shape index (κ2) is 6.86. The Morgan fingerprint density at radius 2 is 2.04 bits per heavy atom. The highest BCUT2D eigenvalue weighted by molar-refractivity contribution is 5.84. The molecule has 0 bridgehead atoms. The summed E-state index contributed by atoms with van der Waals surface area (Å²) in [5.41, 5.74) is 0.324. The van der Waals surface area contributed by atoms with Crippen LogP contribution in [0.4, 0.5) is 23.7 Å². The number of rotatable bonds is 4. The first-order valence-corrected chi connectivity index (χ1v) is 7.38. The second-order valence-electron chi connectivity index (χ2n) is 4.94. The maximum absolute atomic E-state index is 12.9. The molecule has 0 saturated carbocycles. The van der Waals surface area contributed by atoms with E-state index in [9.17, 15) is 18.0 Å². The summed E-state index contributed by atoms with van der Waals surface area (Å²) in [5.74, 6) is -1.10. The Bertz CT molecular complexity index is 942. The van der Waals surface area contributed by atoms with Gasteiger partial charge in [-0.05, 0) is 25.1 Å². The van der Waals surface area contributed by atoms with Crippen molar-refractivity contribution in [2.24, 2.45) is 0 Å².